The molecule has 5 heteroatoms. The molecule has 1 amide bonds. The van der Waals surface area contributed by atoms with Crippen molar-refractivity contribution in [2.75, 3.05) is 0 Å². The van der Waals surface area contributed by atoms with E-state index in [0.29, 0.717) is 30.3 Å². The van der Waals surface area contributed by atoms with Crippen LogP contribution in [0, 0.1) is 25.7 Å². The Hall–Kier alpha value is -1.65. The highest BCUT2D eigenvalue weighted by molar-refractivity contribution is 5.76. The van der Waals surface area contributed by atoms with Gasteiger partial charge in [-0.15, -0.1) is 0 Å². The van der Waals surface area contributed by atoms with Gasteiger partial charge in [0.25, 0.3) is 5.56 Å². The van der Waals surface area contributed by atoms with Crippen LogP contribution in [0.15, 0.2) is 4.79 Å². The lowest BCUT2D eigenvalue weighted by atomic mass is 9.69. The fraction of sp³-hybridized carbons (Fsp3) is 0.737. The second kappa shape index (κ2) is 7.49. The minimum Gasteiger partial charge on any atom is -0.353 e. The van der Waals surface area contributed by atoms with Crippen molar-refractivity contribution < 1.29 is 4.79 Å². The Morgan fingerprint density at radius 3 is 2.67 bits per heavy atom. The summed E-state index contributed by atoms with van der Waals surface area (Å²) in [5.41, 5.74) is 1.24. The van der Waals surface area contributed by atoms with Gasteiger partial charge in [-0.2, -0.15) is 0 Å². The molecule has 3 rings (SSSR count). The number of nitrogens with one attached hydrogen (secondary N) is 2. The lowest BCUT2D eigenvalue weighted by Gasteiger charge is -2.39. The van der Waals surface area contributed by atoms with Crippen molar-refractivity contribution in [1.82, 2.24) is 15.3 Å². The van der Waals surface area contributed by atoms with E-state index in [-0.39, 0.29) is 11.5 Å². The molecule has 2 N–H and O–H groups in total. The zero-order chi connectivity index (χ0) is 17.1. The number of nitrogens with zero attached hydrogens (tertiary/aromatic N) is 1. The maximum absolute atomic E-state index is 12.3. The van der Waals surface area contributed by atoms with E-state index in [0.717, 1.165) is 30.4 Å². The number of aryl methyl sites for hydroxylation is 2. The molecule has 1 aromatic rings. The summed E-state index contributed by atoms with van der Waals surface area (Å²) in [4.78, 5) is 31.3. The minimum atomic E-state index is -0.115. The molecule has 1 heterocycles. The molecule has 0 bridgehead atoms. The predicted octanol–water partition coefficient (Wildman–Crippen LogP) is 2.79. The van der Waals surface area contributed by atoms with Crippen LogP contribution in [-0.4, -0.2) is 21.9 Å². The molecule has 24 heavy (non-hydrogen) atoms. The third-order valence-electron chi connectivity index (χ3n) is 5.85. The van der Waals surface area contributed by atoms with Gasteiger partial charge in [0.2, 0.25) is 5.91 Å². The molecule has 0 unspecified atom stereocenters. The molecule has 2 saturated carbocycles. The third-order valence-corrected chi connectivity index (χ3v) is 5.85. The highest BCUT2D eigenvalue weighted by atomic mass is 16.1. The Bertz CT molecular complexity index is 653. The van der Waals surface area contributed by atoms with Crippen LogP contribution in [0.25, 0.3) is 0 Å². The Balaban J connectivity index is 1.50. The first kappa shape index (κ1) is 17.2. The summed E-state index contributed by atoms with van der Waals surface area (Å²) in [5.74, 6) is 2.39. The number of H-pyrrole nitrogens is 1. The van der Waals surface area contributed by atoms with Crippen LogP contribution in [0.3, 0.4) is 0 Å². The lowest BCUT2D eigenvalue weighted by Crippen LogP contribution is -2.41. The summed E-state index contributed by atoms with van der Waals surface area (Å²) >= 11 is 0. The molecule has 0 saturated heterocycles. The van der Waals surface area contributed by atoms with Crippen LogP contribution < -0.4 is 10.9 Å². The van der Waals surface area contributed by atoms with Crippen LogP contribution in [0.5, 0.6) is 0 Å². The molecular formula is C19H29N3O2. The summed E-state index contributed by atoms with van der Waals surface area (Å²) in [6.45, 7) is 3.60. The van der Waals surface area contributed by atoms with Gasteiger partial charge in [0.05, 0.1) is 0 Å². The number of rotatable bonds is 4. The average molecular weight is 331 g/mol. The Labute approximate surface area is 143 Å². The molecule has 0 aromatic carbocycles. The first-order chi connectivity index (χ1) is 11.5. The van der Waals surface area contributed by atoms with E-state index < -0.39 is 0 Å². The molecule has 5 nitrogen and oxygen atoms in total. The van der Waals surface area contributed by atoms with Crippen molar-refractivity contribution in [3.63, 3.8) is 0 Å². The summed E-state index contributed by atoms with van der Waals surface area (Å²) in [5, 5.41) is 3.20. The largest absolute Gasteiger partial charge is 0.353 e. The fourth-order valence-electron chi connectivity index (χ4n) is 4.59. The van der Waals surface area contributed by atoms with Gasteiger partial charge < -0.3 is 10.3 Å². The Kier molecular flexibility index (Phi) is 5.36. The van der Waals surface area contributed by atoms with E-state index in [1.54, 1.807) is 6.92 Å². The first-order valence-corrected chi connectivity index (χ1v) is 9.38. The van der Waals surface area contributed by atoms with Crippen molar-refractivity contribution in [3.05, 3.63) is 27.4 Å². The number of amides is 1. The summed E-state index contributed by atoms with van der Waals surface area (Å²) in [6.07, 6.45) is 9.78. The second-order valence-corrected chi connectivity index (χ2v) is 7.60. The van der Waals surface area contributed by atoms with E-state index in [1.807, 2.05) is 6.92 Å². The van der Waals surface area contributed by atoms with Gasteiger partial charge in [-0.05, 0) is 51.4 Å². The topological polar surface area (TPSA) is 74.8 Å². The summed E-state index contributed by atoms with van der Waals surface area (Å²) in [6, 6.07) is 0.326. The Morgan fingerprint density at radius 2 is 1.92 bits per heavy atom. The third kappa shape index (κ3) is 4.05. The monoisotopic (exact) mass is 331 g/mol. The highest BCUT2D eigenvalue weighted by Crippen LogP contribution is 2.40. The number of fused-ring (bicyclic) bond motifs is 1. The molecule has 3 atom stereocenters. The van der Waals surface area contributed by atoms with Crippen LogP contribution in [-0.2, 0) is 11.2 Å². The molecule has 2 aliphatic carbocycles. The van der Waals surface area contributed by atoms with Crippen molar-refractivity contribution in [2.24, 2.45) is 11.8 Å². The molecule has 0 aliphatic heterocycles. The quantitative estimate of drug-likeness (QED) is 0.891. The maximum Gasteiger partial charge on any atom is 0.254 e. The van der Waals surface area contributed by atoms with Crippen molar-refractivity contribution >= 4 is 5.91 Å². The fourth-order valence-corrected chi connectivity index (χ4v) is 4.59. The average Bonchev–Trinajstić information content (AvgIpc) is 2.53. The second-order valence-electron chi connectivity index (χ2n) is 7.60. The number of aromatic nitrogens is 2. The van der Waals surface area contributed by atoms with Crippen LogP contribution in [0.1, 0.15) is 68.4 Å². The standard InChI is InChI=1S/C19H29N3O2/c1-12-17(19(24)21-13(2)20-12)9-10-18(23)22-16-8-7-14-5-3-4-6-15(14)11-16/h14-16H,3-11H2,1-2H3,(H,22,23)(H,20,21,24)/t14-,15-,16+/m0/s1. The van der Waals surface area contributed by atoms with Gasteiger partial charge in [0, 0.05) is 23.7 Å². The molecule has 0 spiro atoms. The molecule has 0 radical (unpaired) electrons. The zero-order valence-corrected chi connectivity index (χ0v) is 14.9. The summed E-state index contributed by atoms with van der Waals surface area (Å²) in [7, 11) is 0. The normalized spacial score (nSPS) is 26.7. The van der Waals surface area contributed by atoms with Gasteiger partial charge >= 0.3 is 0 Å². The van der Waals surface area contributed by atoms with E-state index in [4.69, 9.17) is 0 Å². The van der Waals surface area contributed by atoms with E-state index >= 15 is 0 Å². The molecule has 1 aromatic heterocycles. The van der Waals surface area contributed by atoms with E-state index in [2.05, 4.69) is 15.3 Å². The van der Waals surface area contributed by atoms with Crippen molar-refractivity contribution in [3.8, 4) is 0 Å². The molecule has 2 fully saturated rings. The van der Waals surface area contributed by atoms with Crippen LogP contribution in [0.2, 0.25) is 0 Å². The smallest absolute Gasteiger partial charge is 0.254 e. The van der Waals surface area contributed by atoms with E-state index in [1.165, 1.54) is 32.1 Å². The number of carbonyl (C=O) groups excluding carboxylic acids is 1. The Morgan fingerprint density at radius 1 is 1.17 bits per heavy atom. The minimum absolute atomic E-state index is 0.0636. The van der Waals surface area contributed by atoms with Crippen LogP contribution in [0.4, 0.5) is 0 Å². The highest BCUT2D eigenvalue weighted by Gasteiger charge is 2.32. The van der Waals surface area contributed by atoms with Gasteiger partial charge in [0.15, 0.2) is 0 Å². The number of hydrogen-bond acceptors (Lipinski definition) is 3. The SMILES string of the molecule is Cc1nc(C)c(CCC(=O)N[C@@H]2CC[C@@H]3CCCC[C@H]3C2)c(=O)[nH]1. The number of hydrogen-bond donors (Lipinski definition) is 2. The van der Waals surface area contributed by atoms with Gasteiger partial charge in [-0.25, -0.2) is 4.98 Å². The lowest BCUT2D eigenvalue weighted by molar-refractivity contribution is -0.122. The van der Waals surface area contributed by atoms with Crippen molar-refractivity contribution in [2.45, 2.75) is 77.7 Å². The number of aromatic amines is 1. The predicted molar refractivity (Wildman–Crippen MR) is 93.9 cm³/mol. The van der Waals surface area contributed by atoms with Gasteiger partial charge in [0.1, 0.15) is 5.82 Å². The van der Waals surface area contributed by atoms with Crippen LogP contribution >= 0.6 is 0 Å². The first-order valence-electron chi connectivity index (χ1n) is 9.38. The molecular weight excluding hydrogens is 302 g/mol. The molecule has 2 aliphatic rings. The van der Waals surface area contributed by atoms with Gasteiger partial charge in [-0.3, -0.25) is 9.59 Å². The maximum atomic E-state index is 12.3. The molecule has 132 valence electrons. The zero-order valence-electron chi connectivity index (χ0n) is 14.9. The summed E-state index contributed by atoms with van der Waals surface area (Å²) < 4.78 is 0. The van der Waals surface area contributed by atoms with Gasteiger partial charge in [-0.1, -0.05) is 25.7 Å². The number of carbonyl (C=O) groups is 1. The van der Waals surface area contributed by atoms with Crippen molar-refractivity contribution in [1.29, 1.82) is 0 Å². The van der Waals surface area contributed by atoms with E-state index in [9.17, 15) is 9.59 Å².